The molecular weight excluding hydrogens is 404 g/mol. The van der Waals surface area contributed by atoms with Gasteiger partial charge >= 0.3 is 0 Å². The molecule has 0 saturated carbocycles. The van der Waals surface area contributed by atoms with Crippen molar-refractivity contribution in [1.82, 2.24) is 15.0 Å². The van der Waals surface area contributed by atoms with Crippen LogP contribution in [0.3, 0.4) is 0 Å². The van der Waals surface area contributed by atoms with Crippen LogP contribution in [0.25, 0.3) is 11.4 Å². The number of benzene rings is 2. The summed E-state index contributed by atoms with van der Waals surface area (Å²) in [4.78, 5) is 18.3. The quantitative estimate of drug-likeness (QED) is 0.657. The van der Waals surface area contributed by atoms with E-state index in [9.17, 15) is 13.2 Å². The van der Waals surface area contributed by atoms with Crippen molar-refractivity contribution in [2.24, 2.45) is 0 Å². The lowest BCUT2D eigenvalue weighted by atomic mass is 10.2. The van der Waals surface area contributed by atoms with Crippen LogP contribution in [0.4, 0.5) is 5.69 Å². The average molecular weight is 421 g/mol. The summed E-state index contributed by atoms with van der Waals surface area (Å²) < 4.78 is 30.3. The molecule has 0 bridgehead atoms. The number of nitrogens with one attached hydrogen (secondary N) is 1. The second kappa shape index (κ2) is 7.99. The molecule has 0 aliphatic rings. The molecule has 2 aromatic carbocycles. The Morgan fingerprint density at radius 2 is 1.96 bits per heavy atom. The predicted molar refractivity (Wildman–Crippen MR) is 105 cm³/mol. The van der Waals surface area contributed by atoms with Gasteiger partial charge in [-0.2, -0.15) is 4.98 Å². The molecule has 0 fully saturated rings. The van der Waals surface area contributed by atoms with Gasteiger partial charge in [-0.15, -0.1) is 0 Å². The zero-order chi connectivity index (χ0) is 20.3. The number of halogens is 1. The summed E-state index contributed by atoms with van der Waals surface area (Å²) in [6, 6.07) is 13.3. The van der Waals surface area contributed by atoms with Gasteiger partial charge in [0.25, 0.3) is 5.91 Å². The molecule has 1 heterocycles. The van der Waals surface area contributed by atoms with Crippen LogP contribution in [0.5, 0.6) is 0 Å². The van der Waals surface area contributed by atoms with Crippen molar-refractivity contribution in [2.45, 2.75) is 6.54 Å². The highest BCUT2D eigenvalue weighted by Crippen LogP contribution is 2.25. The number of sulfonamides is 1. The second-order valence-corrected chi connectivity index (χ2v) is 8.26. The number of aromatic nitrogens is 2. The van der Waals surface area contributed by atoms with E-state index in [0.717, 1.165) is 6.26 Å². The largest absolute Gasteiger partial charge is 0.337 e. The molecule has 0 spiro atoms. The third-order valence-electron chi connectivity index (χ3n) is 3.71. The van der Waals surface area contributed by atoms with E-state index in [0.29, 0.717) is 27.7 Å². The van der Waals surface area contributed by atoms with Gasteiger partial charge in [-0.25, -0.2) is 8.42 Å². The maximum absolute atomic E-state index is 12.6. The van der Waals surface area contributed by atoms with E-state index in [2.05, 4.69) is 14.9 Å². The number of carbonyl (C=O) groups is 1. The summed E-state index contributed by atoms with van der Waals surface area (Å²) in [7, 11) is -1.85. The molecule has 28 heavy (non-hydrogen) atoms. The summed E-state index contributed by atoms with van der Waals surface area (Å²) in [6.45, 7) is 0.0834. The molecular formula is C18H17ClN4O4S. The Balaban J connectivity index is 1.73. The van der Waals surface area contributed by atoms with E-state index in [1.807, 2.05) is 6.07 Å². The summed E-state index contributed by atoms with van der Waals surface area (Å²) in [6.07, 6.45) is 1.04. The fourth-order valence-electron chi connectivity index (χ4n) is 2.50. The predicted octanol–water partition coefficient (Wildman–Crippen LogP) is 3.03. The fourth-order valence-corrected chi connectivity index (χ4v) is 3.27. The van der Waals surface area contributed by atoms with Crippen LogP contribution in [0.15, 0.2) is 53.1 Å². The molecule has 0 aliphatic heterocycles. The van der Waals surface area contributed by atoms with E-state index in [1.54, 1.807) is 43.4 Å². The highest BCUT2D eigenvalue weighted by atomic mass is 35.5. The van der Waals surface area contributed by atoms with E-state index >= 15 is 0 Å². The number of amides is 1. The van der Waals surface area contributed by atoms with Gasteiger partial charge < -0.3 is 9.42 Å². The van der Waals surface area contributed by atoms with Gasteiger partial charge in [0.05, 0.1) is 17.8 Å². The lowest BCUT2D eigenvalue weighted by molar-refractivity contribution is 0.0769. The van der Waals surface area contributed by atoms with Crippen LogP contribution in [-0.2, 0) is 16.6 Å². The molecule has 0 aliphatic carbocycles. The lowest BCUT2D eigenvalue weighted by Crippen LogP contribution is -2.26. The Morgan fingerprint density at radius 1 is 1.21 bits per heavy atom. The smallest absolute Gasteiger partial charge is 0.254 e. The highest BCUT2D eigenvalue weighted by Gasteiger charge is 2.17. The van der Waals surface area contributed by atoms with Gasteiger partial charge in [0, 0.05) is 23.9 Å². The molecule has 3 rings (SSSR count). The monoisotopic (exact) mass is 420 g/mol. The van der Waals surface area contributed by atoms with Gasteiger partial charge in [0.2, 0.25) is 21.7 Å². The van der Waals surface area contributed by atoms with E-state index < -0.39 is 10.0 Å². The summed E-state index contributed by atoms with van der Waals surface area (Å²) in [5.41, 5.74) is 1.26. The third kappa shape index (κ3) is 4.87. The minimum Gasteiger partial charge on any atom is -0.337 e. The molecule has 146 valence electrons. The molecule has 0 radical (unpaired) electrons. The number of anilines is 1. The van der Waals surface area contributed by atoms with Gasteiger partial charge in [-0.3, -0.25) is 9.52 Å². The van der Waals surface area contributed by atoms with Crippen molar-refractivity contribution < 1.29 is 17.7 Å². The van der Waals surface area contributed by atoms with Crippen LogP contribution in [0, 0.1) is 0 Å². The third-order valence-corrected chi connectivity index (χ3v) is 4.65. The molecule has 10 heteroatoms. The molecule has 1 amide bonds. The zero-order valence-electron chi connectivity index (χ0n) is 15.1. The van der Waals surface area contributed by atoms with Crippen molar-refractivity contribution in [2.75, 3.05) is 18.0 Å². The highest BCUT2D eigenvalue weighted by molar-refractivity contribution is 7.92. The number of rotatable bonds is 6. The van der Waals surface area contributed by atoms with E-state index in [1.165, 1.54) is 11.0 Å². The Hall–Kier alpha value is -2.91. The normalized spacial score (nSPS) is 11.2. The number of hydrogen-bond acceptors (Lipinski definition) is 6. The molecule has 8 nitrogen and oxygen atoms in total. The Labute approximate surface area is 167 Å². The standard InChI is InChI=1S/C18H17ClN4O4S/c1-23(18(24)12-6-5-7-13(10-12)22-28(2,25)26)11-16-20-17(21-27-16)14-8-3-4-9-15(14)19/h3-10,22H,11H2,1-2H3. The van der Waals surface area contributed by atoms with Crippen LogP contribution >= 0.6 is 11.6 Å². The lowest BCUT2D eigenvalue weighted by Gasteiger charge is -2.15. The van der Waals surface area contributed by atoms with Gasteiger partial charge in [0.1, 0.15) is 0 Å². The van der Waals surface area contributed by atoms with Crippen LogP contribution < -0.4 is 4.72 Å². The molecule has 1 N–H and O–H groups in total. The first-order valence-corrected chi connectivity index (χ1v) is 10.4. The van der Waals surface area contributed by atoms with Crippen molar-refractivity contribution in [3.8, 4) is 11.4 Å². The van der Waals surface area contributed by atoms with Crippen molar-refractivity contribution in [1.29, 1.82) is 0 Å². The molecule has 3 aromatic rings. The van der Waals surface area contributed by atoms with Crippen LogP contribution in [0.2, 0.25) is 5.02 Å². The van der Waals surface area contributed by atoms with Crippen molar-refractivity contribution in [3.63, 3.8) is 0 Å². The summed E-state index contributed by atoms with van der Waals surface area (Å²) >= 11 is 6.13. The zero-order valence-corrected chi connectivity index (χ0v) is 16.7. The van der Waals surface area contributed by atoms with E-state index in [-0.39, 0.29) is 18.3 Å². The Bertz CT molecular complexity index is 1110. The molecule has 0 unspecified atom stereocenters. The van der Waals surface area contributed by atoms with E-state index in [4.69, 9.17) is 16.1 Å². The summed E-state index contributed by atoms with van der Waals surface area (Å²) in [5, 5.41) is 4.40. The van der Waals surface area contributed by atoms with Gasteiger partial charge in [-0.05, 0) is 30.3 Å². The number of nitrogens with zero attached hydrogens (tertiary/aromatic N) is 3. The van der Waals surface area contributed by atoms with Crippen molar-refractivity contribution in [3.05, 3.63) is 65.0 Å². The Morgan fingerprint density at radius 3 is 2.68 bits per heavy atom. The van der Waals surface area contributed by atoms with Crippen LogP contribution in [-0.4, -0.2) is 42.7 Å². The van der Waals surface area contributed by atoms with Gasteiger partial charge in [-0.1, -0.05) is 35.0 Å². The van der Waals surface area contributed by atoms with Gasteiger partial charge in [0.15, 0.2) is 0 Å². The first-order valence-electron chi connectivity index (χ1n) is 8.14. The first-order chi connectivity index (χ1) is 13.2. The topological polar surface area (TPSA) is 105 Å². The molecule has 1 aromatic heterocycles. The fraction of sp³-hybridized carbons (Fsp3) is 0.167. The maximum Gasteiger partial charge on any atom is 0.254 e. The first kappa shape index (κ1) is 19.8. The minimum atomic E-state index is -3.43. The molecule has 0 saturated heterocycles. The van der Waals surface area contributed by atoms with Crippen molar-refractivity contribution >= 4 is 33.2 Å². The molecule has 0 atom stereocenters. The van der Waals surface area contributed by atoms with Crippen LogP contribution in [0.1, 0.15) is 16.2 Å². The number of hydrogen-bond donors (Lipinski definition) is 1. The maximum atomic E-state index is 12.6. The average Bonchev–Trinajstić information content (AvgIpc) is 3.08. The minimum absolute atomic E-state index is 0.0834. The Kier molecular flexibility index (Phi) is 5.66. The second-order valence-electron chi connectivity index (χ2n) is 6.11. The summed E-state index contributed by atoms with van der Waals surface area (Å²) in [5.74, 6) is 0.256. The SMILES string of the molecule is CN(Cc1nc(-c2ccccc2Cl)no1)C(=O)c1cccc(NS(C)(=O)=O)c1. The number of carbonyl (C=O) groups excluding carboxylic acids is 1.